The Labute approximate surface area is 160 Å². The number of carboxylic acids is 1. The molecule has 3 rings (SSSR count). The lowest BCUT2D eigenvalue weighted by Crippen LogP contribution is -2.17. The van der Waals surface area contributed by atoms with E-state index < -0.39 is 5.97 Å². The number of benzene rings is 1. The molecule has 0 aliphatic carbocycles. The highest BCUT2D eigenvalue weighted by Gasteiger charge is 2.13. The number of carbonyl (C=O) groups is 2. The third-order valence-electron chi connectivity index (χ3n) is 3.96. The van der Waals surface area contributed by atoms with Gasteiger partial charge in [-0.15, -0.1) is 0 Å². The quantitative estimate of drug-likeness (QED) is 0.649. The number of halogens is 1. The van der Waals surface area contributed by atoms with Crippen LogP contribution in [0.15, 0.2) is 42.6 Å². The second kappa shape index (κ2) is 8.05. The molecule has 1 aromatic carbocycles. The van der Waals surface area contributed by atoms with Crippen LogP contribution in [0.25, 0.3) is 0 Å². The van der Waals surface area contributed by atoms with Gasteiger partial charge in [0.15, 0.2) is 5.82 Å². The monoisotopic (exact) mass is 387 g/mol. The second-order valence-electron chi connectivity index (χ2n) is 6.00. The first-order valence-corrected chi connectivity index (χ1v) is 8.64. The van der Waals surface area contributed by atoms with E-state index >= 15 is 0 Å². The molecule has 1 amide bonds. The van der Waals surface area contributed by atoms with Gasteiger partial charge in [0.1, 0.15) is 5.69 Å². The Hall–Kier alpha value is -3.13. The molecule has 0 saturated carbocycles. The van der Waals surface area contributed by atoms with Crippen molar-refractivity contribution in [3.05, 3.63) is 64.6 Å². The van der Waals surface area contributed by atoms with Gasteiger partial charge in [-0.1, -0.05) is 23.7 Å². The Kier molecular flexibility index (Phi) is 5.56. The highest BCUT2D eigenvalue weighted by molar-refractivity contribution is 6.30. The minimum absolute atomic E-state index is 0.0458. The van der Waals surface area contributed by atoms with E-state index in [4.69, 9.17) is 16.7 Å². The molecule has 2 N–H and O–H groups in total. The molecule has 0 radical (unpaired) electrons. The van der Waals surface area contributed by atoms with Crippen molar-refractivity contribution in [2.75, 3.05) is 5.32 Å². The minimum Gasteiger partial charge on any atom is -0.477 e. The van der Waals surface area contributed by atoms with Crippen LogP contribution in [0.3, 0.4) is 0 Å². The summed E-state index contributed by atoms with van der Waals surface area (Å²) in [7, 11) is 0. The van der Waals surface area contributed by atoms with Gasteiger partial charge in [-0.25, -0.2) is 4.79 Å². The Morgan fingerprint density at radius 1 is 1.22 bits per heavy atom. The fraction of sp³-hybridized carbons (Fsp3) is 0.222. The van der Waals surface area contributed by atoms with E-state index in [0.717, 1.165) is 11.3 Å². The van der Waals surface area contributed by atoms with Crippen molar-refractivity contribution in [3.8, 4) is 0 Å². The van der Waals surface area contributed by atoms with Crippen molar-refractivity contribution in [1.82, 2.24) is 19.6 Å². The van der Waals surface area contributed by atoms with Gasteiger partial charge in [0.05, 0.1) is 13.1 Å². The maximum absolute atomic E-state index is 12.1. The summed E-state index contributed by atoms with van der Waals surface area (Å²) < 4.78 is 3.06. The second-order valence-corrected chi connectivity index (χ2v) is 6.44. The van der Waals surface area contributed by atoms with Gasteiger partial charge in [-0.3, -0.25) is 14.2 Å². The van der Waals surface area contributed by atoms with E-state index in [1.54, 1.807) is 10.7 Å². The maximum atomic E-state index is 12.1. The topological polar surface area (TPSA) is 102 Å². The van der Waals surface area contributed by atoms with Crippen LogP contribution in [-0.4, -0.2) is 36.5 Å². The summed E-state index contributed by atoms with van der Waals surface area (Å²) >= 11 is 6.00. The summed E-state index contributed by atoms with van der Waals surface area (Å²) in [6, 6.07) is 10.7. The molecule has 0 bridgehead atoms. The van der Waals surface area contributed by atoms with Crippen LogP contribution in [0.5, 0.6) is 0 Å². The fourth-order valence-corrected chi connectivity index (χ4v) is 2.86. The molecular weight excluding hydrogens is 370 g/mol. The summed E-state index contributed by atoms with van der Waals surface area (Å²) in [6.07, 6.45) is 1.48. The molecule has 2 aromatic heterocycles. The molecular formula is C18H18ClN5O3. The Bertz CT molecular complexity index is 979. The van der Waals surface area contributed by atoms with Crippen LogP contribution in [0, 0.1) is 6.92 Å². The van der Waals surface area contributed by atoms with Gasteiger partial charge in [-0.05, 0) is 30.7 Å². The number of carbonyl (C=O) groups excluding carboxylic acids is 1. The summed E-state index contributed by atoms with van der Waals surface area (Å²) in [5, 5.41) is 20.7. The van der Waals surface area contributed by atoms with Gasteiger partial charge in [0, 0.05) is 29.4 Å². The number of hydrogen-bond acceptors (Lipinski definition) is 4. The normalized spacial score (nSPS) is 10.7. The number of aryl methyl sites for hydroxylation is 2. The van der Waals surface area contributed by atoms with Crippen molar-refractivity contribution in [2.24, 2.45) is 0 Å². The lowest BCUT2D eigenvalue weighted by Gasteiger charge is -2.06. The van der Waals surface area contributed by atoms with Crippen molar-refractivity contribution in [2.45, 2.75) is 26.4 Å². The summed E-state index contributed by atoms with van der Waals surface area (Å²) in [5.74, 6) is -0.906. The largest absolute Gasteiger partial charge is 0.477 e. The summed E-state index contributed by atoms with van der Waals surface area (Å²) in [5.41, 5.74) is 1.95. The molecule has 0 unspecified atom stereocenters. The summed E-state index contributed by atoms with van der Waals surface area (Å²) in [4.78, 5) is 23.2. The van der Waals surface area contributed by atoms with Gasteiger partial charge >= 0.3 is 5.97 Å². The van der Waals surface area contributed by atoms with Crippen LogP contribution in [0.1, 0.15) is 28.2 Å². The Morgan fingerprint density at radius 3 is 2.78 bits per heavy atom. The van der Waals surface area contributed by atoms with Crippen LogP contribution in [0.4, 0.5) is 5.82 Å². The van der Waals surface area contributed by atoms with E-state index in [2.05, 4.69) is 15.5 Å². The number of aromatic carboxylic acids is 1. The first-order valence-electron chi connectivity index (χ1n) is 8.26. The molecule has 0 aliphatic heterocycles. The van der Waals surface area contributed by atoms with Crippen LogP contribution < -0.4 is 5.32 Å². The molecule has 3 aromatic rings. The number of aromatic nitrogens is 4. The SMILES string of the molecule is Cc1cc(NC(=O)CCn2nccc2C(=O)O)nn1Cc1cccc(Cl)c1. The molecule has 0 atom stereocenters. The number of carboxylic acid groups (broad SMARTS) is 1. The zero-order valence-corrected chi connectivity index (χ0v) is 15.3. The molecule has 0 spiro atoms. The predicted octanol–water partition coefficient (Wildman–Crippen LogP) is 2.82. The fourth-order valence-electron chi connectivity index (χ4n) is 2.64. The van der Waals surface area contributed by atoms with Crippen molar-refractivity contribution < 1.29 is 14.7 Å². The highest BCUT2D eigenvalue weighted by atomic mass is 35.5. The standard InChI is InChI=1S/C18H18ClN5O3/c1-12-9-16(22-24(12)11-13-3-2-4-14(19)10-13)21-17(25)6-8-23-15(18(26)27)5-7-20-23/h2-5,7,9-10H,6,8,11H2,1H3,(H,26,27)(H,21,22,25). The molecule has 0 fully saturated rings. The van der Waals surface area contributed by atoms with Gasteiger partial charge in [0.2, 0.25) is 5.91 Å². The number of nitrogens with one attached hydrogen (secondary N) is 1. The van der Waals surface area contributed by atoms with Gasteiger partial charge in [0.25, 0.3) is 0 Å². The van der Waals surface area contributed by atoms with Crippen molar-refractivity contribution in [3.63, 3.8) is 0 Å². The minimum atomic E-state index is -1.08. The van der Waals surface area contributed by atoms with E-state index in [9.17, 15) is 9.59 Å². The lowest BCUT2D eigenvalue weighted by atomic mass is 10.2. The van der Waals surface area contributed by atoms with Crippen molar-refractivity contribution >= 4 is 29.3 Å². The van der Waals surface area contributed by atoms with Crippen molar-refractivity contribution in [1.29, 1.82) is 0 Å². The molecule has 140 valence electrons. The van der Waals surface area contributed by atoms with Gasteiger partial charge in [-0.2, -0.15) is 10.2 Å². The molecule has 27 heavy (non-hydrogen) atoms. The zero-order chi connectivity index (χ0) is 19.4. The maximum Gasteiger partial charge on any atom is 0.354 e. The predicted molar refractivity (Wildman–Crippen MR) is 100.0 cm³/mol. The van der Waals surface area contributed by atoms with E-state index in [1.165, 1.54) is 16.9 Å². The van der Waals surface area contributed by atoms with Crippen LogP contribution in [0.2, 0.25) is 5.02 Å². The third kappa shape index (κ3) is 4.73. The first kappa shape index (κ1) is 18.7. The number of hydrogen-bond donors (Lipinski definition) is 2. The number of amides is 1. The average molecular weight is 388 g/mol. The first-order chi connectivity index (χ1) is 12.9. The van der Waals surface area contributed by atoms with E-state index in [-0.39, 0.29) is 24.6 Å². The number of rotatable bonds is 7. The molecule has 0 aliphatic rings. The smallest absolute Gasteiger partial charge is 0.354 e. The Morgan fingerprint density at radius 2 is 2.04 bits per heavy atom. The van der Waals surface area contributed by atoms with E-state index in [1.807, 2.05) is 31.2 Å². The highest BCUT2D eigenvalue weighted by Crippen LogP contribution is 2.15. The van der Waals surface area contributed by atoms with E-state index in [0.29, 0.717) is 17.4 Å². The lowest BCUT2D eigenvalue weighted by molar-refractivity contribution is -0.116. The molecule has 8 nitrogen and oxygen atoms in total. The summed E-state index contributed by atoms with van der Waals surface area (Å²) in [6.45, 7) is 2.61. The molecule has 0 saturated heterocycles. The van der Waals surface area contributed by atoms with Crippen LogP contribution in [-0.2, 0) is 17.9 Å². The average Bonchev–Trinajstić information content (AvgIpc) is 3.20. The molecule has 2 heterocycles. The van der Waals surface area contributed by atoms with Crippen LogP contribution >= 0.6 is 11.6 Å². The number of nitrogens with zero attached hydrogens (tertiary/aromatic N) is 4. The molecule has 9 heteroatoms. The number of anilines is 1. The third-order valence-corrected chi connectivity index (χ3v) is 4.19. The Balaban J connectivity index is 1.60. The zero-order valence-electron chi connectivity index (χ0n) is 14.6. The van der Waals surface area contributed by atoms with Gasteiger partial charge < -0.3 is 10.4 Å².